The van der Waals surface area contributed by atoms with E-state index in [1.54, 1.807) is 0 Å². The van der Waals surface area contributed by atoms with Gasteiger partial charge in [0, 0.05) is 6.92 Å². The van der Waals surface area contributed by atoms with Crippen molar-refractivity contribution in [3.63, 3.8) is 0 Å². The second-order valence-electron chi connectivity index (χ2n) is 5.23. The lowest BCUT2D eigenvalue weighted by Crippen LogP contribution is -2.10. The Morgan fingerprint density at radius 2 is 1.73 bits per heavy atom. The van der Waals surface area contributed by atoms with E-state index in [1.807, 2.05) is 0 Å². The maximum Gasteiger partial charge on any atom is 0.304 e. The average Bonchev–Trinajstić information content (AvgIpc) is 2.49. The van der Waals surface area contributed by atoms with E-state index in [2.05, 4.69) is 37.2 Å². The maximum atomic E-state index is 10.8. The Morgan fingerprint density at radius 1 is 1.14 bits per heavy atom. The molecule has 0 radical (unpaired) electrons. The lowest BCUT2D eigenvalue weighted by molar-refractivity contribution is -0.142. The van der Waals surface area contributed by atoms with Gasteiger partial charge in [-0.1, -0.05) is 57.9 Å². The summed E-state index contributed by atoms with van der Waals surface area (Å²) in [6.45, 7) is 7.05. The van der Waals surface area contributed by atoms with Gasteiger partial charge in [-0.15, -0.1) is 0 Å². The van der Waals surface area contributed by atoms with Gasteiger partial charge < -0.3 is 9.84 Å². The van der Waals surface area contributed by atoms with Crippen molar-refractivity contribution in [3.05, 3.63) is 12.7 Å². The van der Waals surface area contributed by atoms with Crippen molar-refractivity contribution >= 4 is 5.97 Å². The maximum absolute atomic E-state index is 10.8. The molecule has 0 aliphatic rings. The number of carbonyl (C=O) groups is 1. The molecule has 0 fully saturated rings. The minimum atomic E-state index is -0.646. The SMILES string of the molecule is C=C[C@@H](C#CC#C[C@@H](O)CCCCCCCCC)OC(C)=O. The zero-order valence-corrected chi connectivity index (χ0v) is 13.9. The van der Waals surface area contributed by atoms with Gasteiger partial charge in [0.2, 0.25) is 0 Å². The zero-order valence-electron chi connectivity index (χ0n) is 13.9. The van der Waals surface area contributed by atoms with Crippen molar-refractivity contribution in [3.8, 4) is 23.7 Å². The van der Waals surface area contributed by atoms with Crippen LogP contribution in [0.5, 0.6) is 0 Å². The van der Waals surface area contributed by atoms with Gasteiger partial charge in [-0.05, 0) is 36.7 Å². The first kappa shape index (κ1) is 20.3. The van der Waals surface area contributed by atoms with Crippen LogP contribution in [0.2, 0.25) is 0 Å². The summed E-state index contributed by atoms with van der Waals surface area (Å²) >= 11 is 0. The van der Waals surface area contributed by atoms with Crippen LogP contribution in [0.25, 0.3) is 0 Å². The van der Waals surface area contributed by atoms with Gasteiger partial charge in [0.15, 0.2) is 6.10 Å². The lowest BCUT2D eigenvalue weighted by atomic mass is 10.1. The number of ether oxygens (including phenoxy) is 1. The van der Waals surface area contributed by atoms with E-state index in [0.29, 0.717) is 6.42 Å². The molecule has 0 unspecified atom stereocenters. The number of aliphatic hydroxyl groups is 1. The van der Waals surface area contributed by atoms with Crippen LogP contribution in [-0.2, 0) is 9.53 Å². The molecule has 0 saturated heterocycles. The van der Waals surface area contributed by atoms with E-state index < -0.39 is 18.2 Å². The predicted molar refractivity (Wildman–Crippen MR) is 89.9 cm³/mol. The molecule has 0 aliphatic carbocycles. The third-order valence-electron chi connectivity index (χ3n) is 3.10. The van der Waals surface area contributed by atoms with Gasteiger partial charge in [-0.2, -0.15) is 0 Å². The topological polar surface area (TPSA) is 46.5 Å². The summed E-state index contributed by atoms with van der Waals surface area (Å²) in [5, 5.41) is 9.71. The third-order valence-corrected chi connectivity index (χ3v) is 3.10. The standard InChI is InChI=1S/C19H28O3/c1-4-6-7-8-9-10-11-14-18(21)15-12-13-16-19(5-2)22-17(3)20/h5,18-19,21H,2,4,6-11,14H2,1,3H3/t18-,19-/m0/s1. The van der Waals surface area contributed by atoms with E-state index in [1.165, 1.54) is 45.1 Å². The highest BCUT2D eigenvalue weighted by molar-refractivity contribution is 5.66. The number of esters is 1. The van der Waals surface area contributed by atoms with Crippen molar-refractivity contribution < 1.29 is 14.6 Å². The van der Waals surface area contributed by atoms with E-state index >= 15 is 0 Å². The smallest absolute Gasteiger partial charge is 0.304 e. The molecule has 0 bridgehead atoms. The van der Waals surface area contributed by atoms with Crippen LogP contribution in [0.4, 0.5) is 0 Å². The van der Waals surface area contributed by atoms with Crippen LogP contribution in [0.3, 0.4) is 0 Å². The lowest BCUT2D eigenvalue weighted by Gasteiger charge is -2.03. The summed E-state index contributed by atoms with van der Waals surface area (Å²) in [7, 11) is 0. The highest BCUT2D eigenvalue weighted by atomic mass is 16.5. The molecule has 3 heteroatoms. The van der Waals surface area contributed by atoms with Gasteiger partial charge >= 0.3 is 5.97 Å². The molecular weight excluding hydrogens is 276 g/mol. The number of unbranched alkanes of at least 4 members (excludes halogenated alkanes) is 6. The predicted octanol–water partition coefficient (Wildman–Crippen LogP) is 3.61. The molecule has 2 atom stereocenters. The summed E-state index contributed by atoms with van der Waals surface area (Å²) in [6.07, 6.45) is 9.34. The van der Waals surface area contributed by atoms with E-state index in [-0.39, 0.29) is 0 Å². The monoisotopic (exact) mass is 304 g/mol. The number of hydrogen-bond acceptors (Lipinski definition) is 3. The fourth-order valence-electron chi connectivity index (χ4n) is 1.91. The minimum absolute atomic E-state index is 0.411. The first-order valence-electron chi connectivity index (χ1n) is 8.09. The van der Waals surface area contributed by atoms with Gasteiger partial charge in [-0.25, -0.2) is 0 Å². The molecule has 0 spiro atoms. The number of hydrogen-bond donors (Lipinski definition) is 1. The summed E-state index contributed by atoms with van der Waals surface area (Å²) < 4.78 is 4.87. The molecule has 0 aromatic rings. The van der Waals surface area contributed by atoms with Gasteiger partial charge in [0.1, 0.15) is 6.10 Å². The largest absolute Gasteiger partial charge is 0.445 e. The zero-order chi connectivity index (χ0) is 16.6. The van der Waals surface area contributed by atoms with Crippen molar-refractivity contribution in [1.29, 1.82) is 0 Å². The van der Waals surface area contributed by atoms with Crippen LogP contribution in [0.1, 0.15) is 65.2 Å². The Bertz CT molecular complexity index is 431. The Balaban J connectivity index is 3.86. The van der Waals surface area contributed by atoms with E-state index in [4.69, 9.17) is 4.74 Å². The quantitative estimate of drug-likeness (QED) is 0.290. The molecule has 0 aromatic heterocycles. The normalized spacial score (nSPS) is 12.1. The van der Waals surface area contributed by atoms with Crippen LogP contribution >= 0.6 is 0 Å². The Morgan fingerprint density at radius 3 is 2.32 bits per heavy atom. The molecule has 0 saturated carbocycles. The number of carbonyl (C=O) groups excluding carboxylic acids is 1. The van der Waals surface area contributed by atoms with Gasteiger partial charge in [0.25, 0.3) is 0 Å². The molecule has 1 N–H and O–H groups in total. The van der Waals surface area contributed by atoms with E-state index in [9.17, 15) is 9.90 Å². The Labute approximate surface area is 135 Å². The highest BCUT2D eigenvalue weighted by Crippen LogP contribution is 2.09. The minimum Gasteiger partial charge on any atom is -0.445 e. The molecular formula is C19H28O3. The van der Waals surface area contributed by atoms with Gasteiger partial charge in [0.05, 0.1) is 0 Å². The van der Waals surface area contributed by atoms with Crippen molar-refractivity contribution in [2.75, 3.05) is 0 Å². The average molecular weight is 304 g/mol. The molecule has 3 nitrogen and oxygen atoms in total. The third kappa shape index (κ3) is 13.3. The molecule has 122 valence electrons. The van der Waals surface area contributed by atoms with E-state index in [0.717, 1.165) is 12.8 Å². The Hall–Kier alpha value is -1.71. The fraction of sp³-hybridized carbons (Fsp3) is 0.632. The molecule has 0 aromatic carbocycles. The summed E-state index contributed by atoms with van der Waals surface area (Å²) in [5.41, 5.74) is 0. The van der Waals surface area contributed by atoms with Crippen LogP contribution in [0.15, 0.2) is 12.7 Å². The van der Waals surface area contributed by atoms with Crippen LogP contribution < -0.4 is 0 Å². The first-order chi connectivity index (χ1) is 10.6. The summed E-state index contributed by atoms with van der Waals surface area (Å²) in [6, 6.07) is 0. The fourth-order valence-corrected chi connectivity index (χ4v) is 1.91. The summed E-state index contributed by atoms with van der Waals surface area (Å²) in [4.78, 5) is 10.8. The molecule has 0 rings (SSSR count). The Kier molecular flexibility index (Phi) is 13.1. The highest BCUT2D eigenvalue weighted by Gasteiger charge is 2.01. The second-order valence-corrected chi connectivity index (χ2v) is 5.23. The van der Waals surface area contributed by atoms with Crippen molar-refractivity contribution in [1.82, 2.24) is 0 Å². The molecule has 22 heavy (non-hydrogen) atoms. The second kappa shape index (κ2) is 14.2. The molecule has 0 aliphatic heterocycles. The van der Waals surface area contributed by atoms with Gasteiger partial charge in [-0.3, -0.25) is 4.79 Å². The number of rotatable bonds is 10. The van der Waals surface area contributed by atoms with Crippen LogP contribution in [0, 0.1) is 23.7 Å². The van der Waals surface area contributed by atoms with Crippen molar-refractivity contribution in [2.24, 2.45) is 0 Å². The van der Waals surface area contributed by atoms with Crippen LogP contribution in [-0.4, -0.2) is 23.3 Å². The number of aliphatic hydroxyl groups excluding tert-OH is 1. The molecule has 0 amide bonds. The molecule has 0 heterocycles. The van der Waals surface area contributed by atoms with Crippen molar-refractivity contribution in [2.45, 2.75) is 77.4 Å². The summed E-state index contributed by atoms with van der Waals surface area (Å²) in [5.74, 6) is 10.1. The first-order valence-corrected chi connectivity index (χ1v) is 8.09.